The first-order valence-electron chi connectivity index (χ1n) is 12.0. The van der Waals surface area contributed by atoms with Gasteiger partial charge in [0.1, 0.15) is 6.61 Å². The number of hydrogen-bond donors (Lipinski definition) is 3. The van der Waals surface area contributed by atoms with E-state index in [1.165, 1.54) is 14.0 Å². The van der Waals surface area contributed by atoms with Crippen molar-refractivity contribution in [3.05, 3.63) is 59.7 Å². The number of fused-ring (bicyclic) bond motifs is 3. The van der Waals surface area contributed by atoms with Crippen molar-refractivity contribution < 1.29 is 29.0 Å². The summed E-state index contributed by atoms with van der Waals surface area (Å²) in [7, 11) is 1.38. The summed E-state index contributed by atoms with van der Waals surface area (Å²) in [6.07, 6.45) is 2.04. The Kier molecular flexibility index (Phi) is 7.40. The normalized spacial score (nSPS) is 17.0. The van der Waals surface area contributed by atoms with E-state index in [-0.39, 0.29) is 25.7 Å². The maximum atomic E-state index is 12.9. The zero-order valence-corrected chi connectivity index (χ0v) is 20.1. The van der Waals surface area contributed by atoms with Crippen molar-refractivity contribution in [3.63, 3.8) is 0 Å². The molecular formula is C27H32N2O6. The Morgan fingerprint density at radius 3 is 2.20 bits per heavy atom. The molecule has 0 spiro atoms. The topological polar surface area (TPSA) is 114 Å². The maximum absolute atomic E-state index is 12.9. The predicted molar refractivity (Wildman–Crippen MR) is 130 cm³/mol. The van der Waals surface area contributed by atoms with Crippen LogP contribution in [0.1, 0.15) is 43.2 Å². The molecule has 2 aliphatic rings. The second-order valence-corrected chi connectivity index (χ2v) is 9.64. The minimum Gasteiger partial charge on any atom is -0.479 e. The minimum atomic E-state index is -1.54. The highest BCUT2D eigenvalue weighted by molar-refractivity contribution is 5.88. The van der Waals surface area contributed by atoms with Crippen LogP contribution in [-0.4, -0.2) is 55.5 Å². The highest BCUT2D eigenvalue weighted by Crippen LogP contribution is 2.44. The molecule has 186 valence electrons. The van der Waals surface area contributed by atoms with Gasteiger partial charge in [-0.1, -0.05) is 61.4 Å². The average Bonchev–Trinajstić information content (AvgIpc) is 3.61. The molecule has 2 aromatic carbocycles. The monoisotopic (exact) mass is 480 g/mol. The molecule has 2 atom stereocenters. The van der Waals surface area contributed by atoms with E-state index in [0.29, 0.717) is 12.3 Å². The molecule has 0 aliphatic heterocycles. The molecule has 8 heteroatoms. The van der Waals surface area contributed by atoms with Crippen LogP contribution in [0, 0.1) is 11.8 Å². The fourth-order valence-electron chi connectivity index (χ4n) is 4.71. The lowest BCUT2D eigenvalue weighted by Crippen LogP contribution is -2.57. The summed E-state index contributed by atoms with van der Waals surface area (Å²) in [4.78, 5) is 37.2. The summed E-state index contributed by atoms with van der Waals surface area (Å²) in [5.41, 5.74) is 3.00. The second-order valence-electron chi connectivity index (χ2n) is 9.64. The number of carbonyl (C=O) groups is 3. The molecular weight excluding hydrogens is 448 g/mol. The third-order valence-corrected chi connectivity index (χ3v) is 6.83. The van der Waals surface area contributed by atoms with Crippen molar-refractivity contribution in [2.24, 2.45) is 11.8 Å². The fourth-order valence-corrected chi connectivity index (χ4v) is 4.71. The number of methoxy groups -OCH3 is 1. The highest BCUT2D eigenvalue weighted by atomic mass is 16.5. The van der Waals surface area contributed by atoms with Gasteiger partial charge in [0.25, 0.3) is 0 Å². The summed E-state index contributed by atoms with van der Waals surface area (Å²) in [5, 5.41) is 14.8. The Morgan fingerprint density at radius 2 is 1.66 bits per heavy atom. The SMILES string of the molecule is COCC(C)(NC(=O)C(CNC(=O)OCC1c2ccccc2-c2ccccc21)CC1CC1)C(=O)O. The number of benzene rings is 2. The average molecular weight is 481 g/mol. The fraction of sp³-hybridized carbons (Fsp3) is 0.444. The van der Waals surface area contributed by atoms with Gasteiger partial charge in [-0.2, -0.15) is 0 Å². The van der Waals surface area contributed by atoms with Gasteiger partial charge in [-0.25, -0.2) is 9.59 Å². The van der Waals surface area contributed by atoms with E-state index in [1.54, 1.807) is 0 Å². The number of alkyl carbamates (subject to hydrolysis) is 1. The summed E-state index contributed by atoms with van der Waals surface area (Å²) in [5.74, 6) is -1.80. The molecule has 1 fully saturated rings. The van der Waals surface area contributed by atoms with Crippen LogP contribution in [0.15, 0.2) is 48.5 Å². The lowest BCUT2D eigenvalue weighted by molar-refractivity contribution is -0.150. The molecule has 2 amide bonds. The van der Waals surface area contributed by atoms with Gasteiger partial charge in [0.05, 0.1) is 12.5 Å². The zero-order valence-electron chi connectivity index (χ0n) is 20.1. The van der Waals surface area contributed by atoms with Crippen LogP contribution >= 0.6 is 0 Å². The first-order chi connectivity index (χ1) is 16.8. The van der Waals surface area contributed by atoms with Crippen molar-refractivity contribution in [2.45, 2.75) is 37.6 Å². The molecule has 0 bridgehead atoms. The van der Waals surface area contributed by atoms with E-state index in [0.717, 1.165) is 35.1 Å². The summed E-state index contributed by atoms with van der Waals surface area (Å²) >= 11 is 0. The molecule has 0 heterocycles. The number of carboxylic acids is 1. The standard InChI is InChI=1S/C27H32N2O6/c1-27(16-34-2,25(31)32)29-24(30)18(13-17-11-12-17)14-28-26(33)35-15-23-21-9-5-3-7-19(21)20-8-4-6-10-22(20)23/h3-10,17-18,23H,11-16H2,1-2H3,(H,28,33)(H,29,30)(H,31,32). The molecule has 3 N–H and O–H groups in total. The Bertz CT molecular complexity index is 1050. The van der Waals surface area contributed by atoms with E-state index in [4.69, 9.17) is 9.47 Å². The van der Waals surface area contributed by atoms with Gasteiger partial charge in [-0.3, -0.25) is 4.79 Å². The summed E-state index contributed by atoms with van der Waals surface area (Å²) in [6.45, 7) is 1.50. The van der Waals surface area contributed by atoms with Crippen molar-refractivity contribution in [2.75, 3.05) is 26.9 Å². The van der Waals surface area contributed by atoms with Crippen LogP contribution in [0.5, 0.6) is 0 Å². The van der Waals surface area contributed by atoms with E-state index in [2.05, 4.69) is 34.9 Å². The molecule has 0 radical (unpaired) electrons. The molecule has 1 saturated carbocycles. The van der Waals surface area contributed by atoms with Gasteiger partial charge < -0.3 is 25.2 Å². The van der Waals surface area contributed by atoms with E-state index >= 15 is 0 Å². The maximum Gasteiger partial charge on any atom is 0.407 e. The Balaban J connectivity index is 1.36. The number of hydrogen-bond acceptors (Lipinski definition) is 5. The zero-order chi connectivity index (χ0) is 25.0. The molecule has 35 heavy (non-hydrogen) atoms. The van der Waals surface area contributed by atoms with E-state index in [9.17, 15) is 19.5 Å². The van der Waals surface area contributed by atoms with Crippen LogP contribution in [0.2, 0.25) is 0 Å². The van der Waals surface area contributed by atoms with Crippen molar-refractivity contribution in [1.82, 2.24) is 10.6 Å². The van der Waals surface area contributed by atoms with E-state index in [1.807, 2.05) is 24.3 Å². The Labute approximate surface area is 205 Å². The summed E-state index contributed by atoms with van der Waals surface area (Å²) < 4.78 is 10.6. The lowest BCUT2D eigenvalue weighted by Gasteiger charge is -2.28. The van der Waals surface area contributed by atoms with Gasteiger partial charge >= 0.3 is 12.1 Å². The number of aliphatic carboxylic acids is 1. The minimum absolute atomic E-state index is 0.0518. The number of carbonyl (C=O) groups excluding carboxylic acids is 2. The number of amides is 2. The molecule has 4 rings (SSSR count). The smallest absolute Gasteiger partial charge is 0.407 e. The molecule has 0 saturated heterocycles. The van der Waals surface area contributed by atoms with Crippen molar-refractivity contribution in [1.29, 1.82) is 0 Å². The van der Waals surface area contributed by atoms with Crippen LogP contribution in [0.4, 0.5) is 4.79 Å². The van der Waals surface area contributed by atoms with Crippen LogP contribution in [-0.2, 0) is 19.1 Å². The molecule has 2 unspecified atom stereocenters. The second kappa shape index (κ2) is 10.5. The number of nitrogens with one attached hydrogen (secondary N) is 2. The van der Waals surface area contributed by atoms with Crippen LogP contribution < -0.4 is 10.6 Å². The molecule has 2 aliphatic carbocycles. The highest BCUT2D eigenvalue weighted by Gasteiger charge is 2.38. The van der Waals surface area contributed by atoms with Crippen LogP contribution in [0.25, 0.3) is 11.1 Å². The third kappa shape index (κ3) is 5.65. The van der Waals surface area contributed by atoms with Crippen molar-refractivity contribution in [3.8, 4) is 11.1 Å². The molecule has 0 aromatic heterocycles. The lowest BCUT2D eigenvalue weighted by atomic mass is 9.97. The van der Waals surface area contributed by atoms with Crippen LogP contribution in [0.3, 0.4) is 0 Å². The van der Waals surface area contributed by atoms with Gasteiger partial charge in [-0.15, -0.1) is 0 Å². The first kappa shape index (κ1) is 24.7. The van der Waals surface area contributed by atoms with Gasteiger partial charge in [-0.05, 0) is 41.5 Å². The number of rotatable bonds is 11. The summed E-state index contributed by atoms with van der Waals surface area (Å²) in [6, 6.07) is 16.2. The Morgan fingerprint density at radius 1 is 1.06 bits per heavy atom. The number of carboxylic acid groups (broad SMARTS) is 1. The van der Waals surface area contributed by atoms with Gasteiger partial charge in [0.2, 0.25) is 5.91 Å². The quantitative estimate of drug-likeness (QED) is 0.453. The number of ether oxygens (including phenoxy) is 2. The predicted octanol–water partition coefficient (Wildman–Crippen LogP) is 3.55. The third-order valence-electron chi connectivity index (χ3n) is 6.83. The molecule has 8 nitrogen and oxygen atoms in total. The first-order valence-corrected chi connectivity index (χ1v) is 12.0. The van der Waals surface area contributed by atoms with Gasteiger partial charge in [0, 0.05) is 19.6 Å². The molecule has 2 aromatic rings. The Hall–Kier alpha value is -3.39. The largest absolute Gasteiger partial charge is 0.479 e. The van der Waals surface area contributed by atoms with Gasteiger partial charge in [0.15, 0.2) is 5.54 Å². The van der Waals surface area contributed by atoms with Crippen molar-refractivity contribution >= 4 is 18.0 Å². The van der Waals surface area contributed by atoms with E-state index < -0.39 is 29.4 Å².